The molecule has 1 aromatic rings. The second-order valence-electron chi connectivity index (χ2n) is 4.69. The Morgan fingerprint density at radius 2 is 2.15 bits per heavy atom. The third-order valence-corrected chi connectivity index (χ3v) is 4.46. The van der Waals surface area contributed by atoms with Gasteiger partial charge < -0.3 is 5.32 Å². The normalized spacial score (nSPS) is 12.2. The van der Waals surface area contributed by atoms with Crippen LogP contribution in [0, 0.1) is 5.92 Å². The summed E-state index contributed by atoms with van der Waals surface area (Å²) < 4.78 is 0. The highest BCUT2D eigenvalue weighted by molar-refractivity contribution is 7.98. The summed E-state index contributed by atoms with van der Waals surface area (Å²) in [6.45, 7) is 2.79. The largest absolute Gasteiger partial charge is 0.352 e. The molecule has 0 aliphatic rings. The number of hydrogen-bond donors (Lipinski definition) is 1. The van der Waals surface area contributed by atoms with Gasteiger partial charge in [-0.3, -0.25) is 4.79 Å². The van der Waals surface area contributed by atoms with Crippen LogP contribution in [0.5, 0.6) is 0 Å². The molecular formula is C15H21Cl2NOS. The zero-order valence-electron chi connectivity index (χ0n) is 11.9. The van der Waals surface area contributed by atoms with Crippen LogP contribution in [0.25, 0.3) is 0 Å². The maximum atomic E-state index is 12.2. The van der Waals surface area contributed by atoms with Crippen molar-refractivity contribution in [1.82, 2.24) is 5.32 Å². The predicted molar refractivity (Wildman–Crippen MR) is 89.3 cm³/mol. The predicted octanol–water partition coefficient (Wildman–Crippen LogP) is 4.84. The molecule has 0 heterocycles. The number of thioether (sulfide) groups is 1. The molecule has 2 nitrogen and oxygen atoms in total. The first-order valence-corrected chi connectivity index (χ1v) is 8.93. The molecule has 0 saturated heterocycles. The molecule has 1 N–H and O–H groups in total. The van der Waals surface area contributed by atoms with E-state index in [0.29, 0.717) is 28.9 Å². The topological polar surface area (TPSA) is 29.1 Å². The van der Waals surface area contributed by atoms with Crippen molar-refractivity contribution < 1.29 is 4.79 Å². The number of amides is 1. The number of alkyl halides is 1. The Bertz CT molecular complexity index is 434. The molecule has 0 aromatic heterocycles. The molecule has 0 fully saturated rings. The summed E-state index contributed by atoms with van der Waals surface area (Å²) in [4.78, 5) is 13.2. The van der Waals surface area contributed by atoms with Gasteiger partial charge in [-0.2, -0.15) is 0 Å². The fourth-order valence-corrected chi connectivity index (χ4v) is 3.00. The van der Waals surface area contributed by atoms with E-state index >= 15 is 0 Å². The molecule has 1 amide bonds. The van der Waals surface area contributed by atoms with Crippen molar-refractivity contribution in [1.29, 1.82) is 0 Å². The van der Waals surface area contributed by atoms with E-state index < -0.39 is 0 Å². The molecule has 1 atom stereocenters. The summed E-state index contributed by atoms with van der Waals surface area (Å²) in [5.41, 5.74) is 0.541. The molecule has 1 rings (SSSR count). The molecular weight excluding hydrogens is 313 g/mol. The van der Waals surface area contributed by atoms with Gasteiger partial charge in [-0.1, -0.05) is 24.9 Å². The summed E-state index contributed by atoms with van der Waals surface area (Å²) in [6, 6.07) is 5.51. The second kappa shape index (κ2) is 9.54. The SMILES string of the molecule is CCCC(CCCl)CNC(=O)c1cc(SC)ccc1Cl. The van der Waals surface area contributed by atoms with Gasteiger partial charge in [0.2, 0.25) is 0 Å². The second-order valence-corrected chi connectivity index (χ2v) is 6.35. The Labute approximate surface area is 135 Å². The minimum Gasteiger partial charge on any atom is -0.352 e. The molecule has 5 heteroatoms. The highest BCUT2D eigenvalue weighted by Crippen LogP contribution is 2.23. The summed E-state index contributed by atoms with van der Waals surface area (Å²) in [6.07, 6.45) is 5.07. The minimum atomic E-state index is -0.110. The van der Waals surface area contributed by atoms with Crippen LogP contribution in [0.1, 0.15) is 36.5 Å². The zero-order valence-corrected chi connectivity index (χ0v) is 14.2. The monoisotopic (exact) mass is 333 g/mol. The third-order valence-electron chi connectivity index (χ3n) is 3.18. The van der Waals surface area contributed by atoms with E-state index in [1.54, 1.807) is 17.8 Å². The van der Waals surface area contributed by atoms with Gasteiger partial charge in [0.1, 0.15) is 0 Å². The average molecular weight is 334 g/mol. The van der Waals surface area contributed by atoms with Crippen molar-refractivity contribution in [2.45, 2.75) is 31.1 Å². The van der Waals surface area contributed by atoms with Gasteiger partial charge in [0.25, 0.3) is 5.91 Å². The molecule has 112 valence electrons. The first-order chi connectivity index (χ1) is 9.62. The first-order valence-electron chi connectivity index (χ1n) is 6.80. The van der Waals surface area contributed by atoms with E-state index in [2.05, 4.69) is 12.2 Å². The summed E-state index contributed by atoms with van der Waals surface area (Å²) in [7, 11) is 0. The van der Waals surface area contributed by atoms with Crippen molar-refractivity contribution in [3.05, 3.63) is 28.8 Å². The molecule has 0 saturated carbocycles. The number of rotatable bonds is 8. The number of nitrogens with one attached hydrogen (secondary N) is 1. The van der Waals surface area contributed by atoms with Gasteiger partial charge in [0.05, 0.1) is 10.6 Å². The van der Waals surface area contributed by atoms with Gasteiger partial charge in [-0.15, -0.1) is 23.4 Å². The average Bonchev–Trinajstić information content (AvgIpc) is 2.45. The Morgan fingerprint density at radius 1 is 1.40 bits per heavy atom. The zero-order chi connectivity index (χ0) is 15.0. The lowest BCUT2D eigenvalue weighted by Gasteiger charge is -2.16. The van der Waals surface area contributed by atoms with Gasteiger partial charge in [0.15, 0.2) is 0 Å². The van der Waals surface area contributed by atoms with Crippen LogP contribution in [0.3, 0.4) is 0 Å². The smallest absolute Gasteiger partial charge is 0.252 e. The van der Waals surface area contributed by atoms with Crippen molar-refractivity contribution in [2.24, 2.45) is 5.92 Å². The molecule has 20 heavy (non-hydrogen) atoms. The molecule has 0 radical (unpaired) electrons. The van der Waals surface area contributed by atoms with Crippen LogP contribution < -0.4 is 5.32 Å². The first kappa shape index (κ1) is 17.7. The number of carbonyl (C=O) groups excluding carboxylic acids is 1. The Hall–Kier alpha value is -0.380. The number of carbonyl (C=O) groups is 1. The van der Waals surface area contributed by atoms with Crippen LogP contribution >= 0.6 is 35.0 Å². The summed E-state index contributed by atoms with van der Waals surface area (Å²) in [5.74, 6) is 0.953. The van der Waals surface area contributed by atoms with Crippen LogP contribution in [-0.4, -0.2) is 24.6 Å². The lowest BCUT2D eigenvalue weighted by atomic mass is 10.0. The van der Waals surface area contributed by atoms with Crippen molar-refractivity contribution >= 4 is 40.9 Å². The molecule has 0 spiro atoms. The molecule has 0 bridgehead atoms. The molecule has 1 unspecified atom stereocenters. The molecule has 0 aliphatic heterocycles. The van der Waals surface area contributed by atoms with Crippen LogP contribution in [0.2, 0.25) is 5.02 Å². The lowest BCUT2D eigenvalue weighted by molar-refractivity contribution is 0.0946. The maximum absolute atomic E-state index is 12.2. The van der Waals surface area contributed by atoms with Gasteiger partial charge in [-0.05, 0) is 43.2 Å². The van der Waals surface area contributed by atoms with Gasteiger partial charge >= 0.3 is 0 Å². The van der Waals surface area contributed by atoms with E-state index in [1.807, 2.05) is 18.4 Å². The molecule has 0 aliphatic carbocycles. The minimum absolute atomic E-state index is 0.110. The van der Waals surface area contributed by atoms with Crippen LogP contribution in [0.15, 0.2) is 23.1 Å². The van der Waals surface area contributed by atoms with Crippen LogP contribution in [-0.2, 0) is 0 Å². The third kappa shape index (κ3) is 5.55. The number of benzene rings is 1. The Kier molecular flexibility index (Phi) is 8.43. The van der Waals surface area contributed by atoms with Crippen molar-refractivity contribution in [3.8, 4) is 0 Å². The van der Waals surface area contributed by atoms with E-state index in [0.717, 1.165) is 24.2 Å². The van der Waals surface area contributed by atoms with Crippen molar-refractivity contribution in [3.63, 3.8) is 0 Å². The number of halogens is 2. The van der Waals surface area contributed by atoms with E-state index in [9.17, 15) is 4.79 Å². The highest BCUT2D eigenvalue weighted by atomic mass is 35.5. The fraction of sp³-hybridized carbons (Fsp3) is 0.533. The van der Waals surface area contributed by atoms with Crippen molar-refractivity contribution in [2.75, 3.05) is 18.7 Å². The number of hydrogen-bond acceptors (Lipinski definition) is 2. The van der Waals surface area contributed by atoms with E-state index in [-0.39, 0.29) is 5.91 Å². The standard InChI is InChI=1S/C15H21Cl2NOS/c1-3-4-11(7-8-16)10-18-15(19)13-9-12(20-2)5-6-14(13)17/h5-6,9,11H,3-4,7-8,10H2,1-2H3,(H,18,19). The molecule has 1 aromatic carbocycles. The summed E-state index contributed by atoms with van der Waals surface area (Å²) >= 11 is 13.5. The van der Waals surface area contributed by atoms with Crippen LogP contribution in [0.4, 0.5) is 0 Å². The van der Waals surface area contributed by atoms with E-state index in [4.69, 9.17) is 23.2 Å². The lowest BCUT2D eigenvalue weighted by Crippen LogP contribution is -2.29. The van der Waals surface area contributed by atoms with Gasteiger partial charge in [-0.25, -0.2) is 0 Å². The Balaban J connectivity index is 2.65. The highest BCUT2D eigenvalue weighted by Gasteiger charge is 2.13. The maximum Gasteiger partial charge on any atom is 0.252 e. The quantitative estimate of drug-likeness (QED) is 0.545. The summed E-state index contributed by atoms with van der Waals surface area (Å²) in [5, 5.41) is 3.46. The Morgan fingerprint density at radius 3 is 2.75 bits per heavy atom. The fourth-order valence-electron chi connectivity index (χ4n) is 2.05. The van der Waals surface area contributed by atoms with E-state index in [1.165, 1.54) is 0 Å². The van der Waals surface area contributed by atoms with Gasteiger partial charge in [0, 0.05) is 17.3 Å².